The second-order valence-electron chi connectivity index (χ2n) is 4.35. The number of rotatable bonds is 2. The minimum Gasteiger partial charge on any atom is -0.362 e. The molecule has 15 heavy (non-hydrogen) atoms. The topological polar surface area (TPSA) is 46.9 Å². The Balaban J connectivity index is 2.17. The van der Waals surface area contributed by atoms with Crippen LogP contribution in [0, 0.1) is 5.92 Å². The summed E-state index contributed by atoms with van der Waals surface area (Å²) in [5.41, 5.74) is -0.0448. The monoisotopic (exact) mass is 207 g/mol. The van der Waals surface area contributed by atoms with Gasteiger partial charge in [0, 0.05) is 25.5 Å². The van der Waals surface area contributed by atoms with Crippen LogP contribution in [0.15, 0.2) is 17.2 Å². The number of aryl methyl sites for hydroxylation is 1. The second-order valence-corrected chi connectivity index (χ2v) is 4.35. The van der Waals surface area contributed by atoms with Crippen molar-refractivity contribution in [3.05, 3.63) is 22.7 Å². The van der Waals surface area contributed by atoms with Crippen LogP contribution in [0.3, 0.4) is 0 Å². The first-order chi connectivity index (χ1) is 7.18. The predicted molar refractivity (Wildman–Crippen MR) is 59.9 cm³/mol. The highest BCUT2D eigenvalue weighted by Gasteiger charge is 2.24. The third-order valence-electron chi connectivity index (χ3n) is 3.20. The maximum absolute atomic E-state index is 11.7. The minimum atomic E-state index is -0.0448. The molecule has 0 amide bonds. The van der Waals surface area contributed by atoms with Gasteiger partial charge in [0.15, 0.2) is 5.82 Å². The average Bonchev–Trinajstić information content (AvgIpc) is 2.60. The molecule has 0 aliphatic heterocycles. The van der Waals surface area contributed by atoms with E-state index in [1.165, 1.54) is 12.8 Å². The van der Waals surface area contributed by atoms with Crippen molar-refractivity contribution in [1.82, 2.24) is 9.55 Å². The Morgan fingerprint density at radius 2 is 2.33 bits per heavy atom. The molecule has 1 aliphatic rings. The molecule has 2 atom stereocenters. The number of nitrogens with one attached hydrogen (secondary N) is 1. The SMILES string of the molecule is CC1CCCC1Nc1nccn(C)c1=O. The van der Waals surface area contributed by atoms with E-state index in [9.17, 15) is 4.79 Å². The number of anilines is 1. The molecule has 1 aliphatic carbocycles. The first kappa shape index (κ1) is 10.2. The summed E-state index contributed by atoms with van der Waals surface area (Å²) in [5.74, 6) is 1.12. The maximum Gasteiger partial charge on any atom is 0.293 e. The molecule has 1 fully saturated rings. The largest absolute Gasteiger partial charge is 0.362 e. The fourth-order valence-electron chi connectivity index (χ4n) is 2.13. The zero-order chi connectivity index (χ0) is 10.8. The molecule has 0 radical (unpaired) electrons. The highest BCUT2D eigenvalue weighted by molar-refractivity contribution is 5.32. The molecular formula is C11H17N3O. The number of hydrogen-bond acceptors (Lipinski definition) is 3. The molecule has 1 aromatic heterocycles. The van der Waals surface area contributed by atoms with Gasteiger partial charge < -0.3 is 9.88 Å². The first-order valence-electron chi connectivity index (χ1n) is 5.46. The molecule has 1 aromatic rings. The third-order valence-corrected chi connectivity index (χ3v) is 3.20. The lowest BCUT2D eigenvalue weighted by Crippen LogP contribution is -2.29. The molecule has 0 aromatic carbocycles. The summed E-state index contributed by atoms with van der Waals surface area (Å²) in [6.07, 6.45) is 6.95. The molecule has 1 N–H and O–H groups in total. The Labute approximate surface area is 89.3 Å². The van der Waals surface area contributed by atoms with Gasteiger partial charge in [0.25, 0.3) is 5.56 Å². The van der Waals surface area contributed by atoms with Crippen LogP contribution in [0.1, 0.15) is 26.2 Å². The third kappa shape index (κ3) is 2.03. The molecule has 0 spiro atoms. The lowest BCUT2D eigenvalue weighted by atomic mass is 10.1. The Kier molecular flexibility index (Phi) is 2.75. The highest BCUT2D eigenvalue weighted by atomic mass is 16.1. The quantitative estimate of drug-likeness (QED) is 0.797. The van der Waals surface area contributed by atoms with E-state index in [-0.39, 0.29) is 5.56 Å². The summed E-state index contributed by atoms with van der Waals surface area (Å²) in [6, 6.07) is 0.410. The highest BCUT2D eigenvalue weighted by Crippen LogP contribution is 2.26. The summed E-state index contributed by atoms with van der Waals surface area (Å²) in [7, 11) is 1.74. The van der Waals surface area contributed by atoms with Crippen molar-refractivity contribution in [2.45, 2.75) is 32.2 Å². The van der Waals surface area contributed by atoms with E-state index in [0.717, 1.165) is 6.42 Å². The Bertz CT molecular complexity index is 399. The molecular weight excluding hydrogens is 190 g/mol. The summed E-state index contributed by atoms with van der Waals surface area (Å²) in [6.45, 7) is 2.22. The number of hydrogen-bond donors (Lipinski definition) is 1. The van der Waals surface area contributed by atoms with Crippen LogP contribution >= 0.6 is 0 Å². The van der Waals surface area contributed by atoms with E-state index >= 15 is 0 Å². The molecule has 0 bridgehead atoms. The van der Waals surface area contributed by atoms with Gasteiger partial charge in [-0.2, -0.15) is 0 Å². The van der Waals surface area contributed by atoms with Crippen molar-refractivity contribution >= 4 is 5.82 Å². The van der Waals surface area contributed by atoms with Gasteiger partial charge in [-0.05, 0) is 18.8 Å². The molecule has 1 heterocycles. The molecule has 82 valence electrons. The van der Waals surface area contributed by atoms with Crippen molar-refractivity contribution in [2.75, 3.05) is 5.32 Å². The minimum absolute atomic E-state index is 0.0448. The smallest absolute Gasteiger partial charge is 0.293 e. The maximum atomic E-state index is 11.7. The summed E-state index contributed by atoms with van der Waals surface area (Å²) in [5, 5.41) is 3.26. The van der Waals surface area contributed by atoms with Crippen LogP contribution in [-0.4, -0.2) is 15.6 Å². The lowest BCUT2D eigenvalue weighted by molar-refractivity contribution is 0.553. The van der Waals surface area contributed by atoms with Gasteiger partial charge in [0.05, 0.1) is 0 Å². The second kappa shape index (κ2) is 4.04. The van der Waals surface area contributed by atoms with E-state index in [4.69, 9.17) is 0 Å². The fraction of sp³-hybridized carbons (Fsp3) is 0.636. The van der Waals surface area contributed by atoms with Crippen molar-refractivity contribution in [3.8, 4) is 0 Å². The van der Waals surface area contributed by atoms with E-state index in [1.54, 1.807) is 24.0 Å². The normalized spacial score (nSPS) is 25.5. The molecule has 1 saturated carbocycles. The summed E-state index contributed by atoms with van der Waals surface area (Å²) >= 11 is 0. The van der Waals surface area contributed by atoms with Gasteiger partial charge in [0.1, 0.15) is 0 Å². The van der Waals surface area contributed by atoms with E-state index in [2.05, 4.69) is 17.2 Å². The van der Waals surface area contributed by atoms with Gasteiger partial charge in [0.2, 0.25) is 0 Å². The molecule has 2 unspecified atom stereocenters. The van der Waals surface area contributed by atoms with Crippen LogP contribution < -0.4 is 10.9 Å². The van der Waals surface area contributed by atoms with Gasteiger partial charge in [-0.1, -0.05) is 13.3 Å². The molecule has 2 rings (SSSR count). The zero-order valence-electron chi connectivity index (χ0n) is 9.23. The predicted octanol–water partition coefficient (Wildman–Crippen LogP) is 1.38. The Morgan fingerprint density at radius 3 is 3.00 bits per heavy atom. The van der Waals surface area contributed by atoms with Crippen molar-refractivity contribution in [1.29, 1.82) is 0 Å². The fourth-order valence-corrected chi connectivity index (χ4v) is 2.13. The Hall–Kier alpha value is -1.32. The molecule has 4 nitrogen and oxygen atoms in total. The standard InChI is InChI=1S/C11H17N3O/c1-8-4-3-5-9(8)13-10-11(15)14(2)7-6-12-10/h6-9H,3-5H2,1-2H3,(H,12,13). The van der Waals surface area contributed by atoms with Crippen LogP contribution in [0.25, 0.3) is 0 Å². The van der Waals surface area contributed by atoms with Crippen molar-refractivity contribution < 1.29 is 0 Å². The van der Waals surface area contributed by atoms with E-state index in [1.807, 2.05) is 0 Å². The van der Waals surface area contributed by atoms with Crippen LogP contribution in [0.2, 0.25) is 0 Å². The van der Waals surface area contributed by atoms with Gasteiger partial charge in [-0.25, -0.2) is 4.98 Å². The van der Waals surface area contributed by atoms with Gasteiger partial charge in [-0.15, -0.1) is 0 Å². The zero-order valence-corrected chi connectivity index (χ0v) is 9.23. The molecule has 0 saturated heterocycles. The van der Waals surface area contributed by atoms with Crippen LogP contribution in [-0.2, 0) is 7.05 Å². The van der Waals surface area contributed by atoms with Crippen molar-refractivity contribution in [2.24, 2.45) is 13.0 Å². The van der Waals surface area contributed by atoms with Gasteiger partial charge in [-0.3, -0.25) is 4.79 Å². The van der Waals surface area contributed by atoms with E-state index in [0.29, 0.717) is 17.8 Å². The molecule has 4 heteroatoms. The summed E-state index contributed by atoms with van der Waals surface area (Å²) < 4.78 is 1.55. The average molecular weight is 207 g/mol. The Morgan fingerprint density at radius 1 is 1.53 bits per heavy atom. The first-order valence-corrected chi connectivity index (χ1v) is 5.46. The van der Waals surface area contributed by atoms with Crippen molar-refractivity contribution in [3.63, 3.8) is 0 Å². The van der Waals surface area contributed by atoms with E-state index < -0.39 is 0 Å². The lowest BCUT2D eigenvalue weighted by Gasteiger charge is -2.17. The van der Waals surface area contributed by atoms with Crippen LogP contribution in [0.5, 0.6) is 0 Å². The summed E-state index contributed by atoms with van der Waals surface area (Å²) in [4.78, 5) is 15.8. The number of nitrogens with zero attached hydrogens (tertiary/aromatic N) is 2. The van der Waals surface area contributed by atoms with Crippen LogP contribution in [0.4, 0.5) is 5.82 Å². The van der Waals surface area contributed by atoms with Gasteiger partial charge >= 0.3 is 0 Å². The number of aromatic nitrogens is 2.